The molecule has 4 nitrogen and oxygen atoms in total. The number of thioether (sulfide) groups is 1. The summed E-state index contributed by atoms with van der Waals surface area (Å²) in [5, 5.41) is 15.4. The predicted molar refractivity (Wildman–Crippen MR) is 69.8 cm³/mol. The first-order chi connectivity index (χ1) is 7.35. The molecule has 0 rings (SSSR count). The predicted octanol–water partition coefficient (Wildman–Crippen LogP) is 0.605. The lowest BCUT2D eigenvalue weighted by atomic mass is 10.2. The topological polar surface area (TPSA) is 61.4 Å². The van der Waals surface area contributed by atoms with Gasteiger partial charge in [-0.05, 0) is 20.8 Å². The third-order valence-corrected chi connectivity index (χ3v) is 3.37. The normalized spacial score (nSPS) is 13.6. The number of hydrogen-bond donors (Lipinski definition) is 3. The van der Waals surface area contributed by atoms with Crippen molar-refractivity contribution in [2.75, 3.05) is 25.1 Å². The van der Waals surface area contributed by atoms with Crippen LogP contribution in [0.5, 0.6) is 0 Å². The second kappa shape index (κ2) is 7.92. The van der Waals surface area contributed by atoms with Gasteiger partial charge in [-0.2, -0.15) is 11.8 Å². The minimum absolute atomic E-state index is 0.0594. The van der Waals surface area contributed by atoms with Crippen LogP contribution in [0, 0.1) is 0 Å². The molecular formula is C11H24N2O2S. The fourth-order valence-electron chi connectivity index (χ4n) is 1.15. The lowest BCUT2D eigenvalue weighted by Gasteiger charge is -2.17. The summed E-state index contributed by atoms with van der Waals surface area (Å²) in [5.41, 5.74) is -0.599. The van der Waals surface area contributed by atoms with Gasteiger partial charge in [-0.15, -0.1) is 0 Å². The number of rotatable bonds is 8. The highest BCUT2D eigenvalue weighted by Gasteiger charge is 2.12. The third kappa shape index (κ3) is 10.3. The average molecular weight is 248 g/mol. The standard InChI is InChI=1S/C11H24N2O2S/c1-9(7-10(14)12-4)13-5-6-16-8-11(2,3)15/h9,13,15H,5-8H2,1-4H3,(H,12,14). The molecule has 0 saturated heterocycles. The molecule has 0 spiro atoms. The van der Waals surface area contributed by atoms with Gasteiger partial charge in [-0.1, -0.05) is 0 Å². The Bertz CT molecular complexity index is 205. The van der Waals surface area contributed by atoms with Crippen molar-refractivity contribution in [3.8, 4) is 0 Å². The molecule has 3 N–H and O–H groups in total. The van der Waals surface area contributed by atoms with Crippen LogP contribution in [0.2, 0.25) is 0 Å². The van der Waals surface area contributed by atoms with Crippen molar-refractivity contribution in [1.82, 2.24) is 10.6 Å². The maximum atomic E-state index is 11.1. The summed E-state index contributed by atoms with van der Waals surface area (Å²) in [6.45, 7) is 6.47. The van der Waals surface area contributed by atoms with Crippen LogP contribution >= 0.6 is 11.8 Å². The van der Waals surface area contributed by atoms with Crippen LogP contribution in [0.15, 0.2) is 0 Å². The van der Waals surface area contributed by atoms with E-state index in [0.29, 0.717) is 6.42 Å². The summed E-state index contributed by atoms with van der Waals surface area (Å²) in [4.78, 5) is 11.1. The molecule has 0 heterocycles. The van der Waals surface area contributed by atoms with E-state index in [1.807, 2.05) is 20.8 Å². The van der Waals surface area contributed by atoms with Crippen molar-refractivity contribution in [1.29, 1.82) is 0 Å². The van der Waals surface area contributed by atoms with Crippen molar-refractivity contribution in [3.63, 3.8) is 0 Å². The highest BCUT2D eigenvalue weighted by molar-refractivity contribution is 7.99. The van der Waals surface area contributed by atoms with E-state index in [1.165, 1.54) is 0 Å². The lowest BCUT2D eigenvalue weighted by molar-refractivity contribution is -0.121. The Morgan fingerprint density at radius 1 is 1.50 bits per heavy atom. The minimum Gasteiger partial charge on any atom is -0.390 e. The van der Waals surface area contributed by atoms with E-state index in [-0.39, 0.29) is 11.9 Å². The number of nitrogens with one attached hydrogen (secondary N) is 2. The molecule has 0 aliphatic carbocycles. The van der Waals surface area contributed by atoms with Gasteiger partial charge >= 0.3 is 0 Å². The van der Waals surface area contributed by atoms with Gasteiger partial charge in [0, 0.05) is 37.6 Å². The molecular weight excluding hydrogens is 224 g/mol. The Hall–Kier alpha value is -0.260. The van der Waals surface area contributed by atoms with Crippen LogP contribution in [-0.4, -0.2) is 47.8 Å². The maximum Gasteiger partial charge on any atom is 0.221 e. The van der Waals surface area contributed by atoms with Gasteiger partial charge in [0.15, 0.2) is 0 Å². The molecule has 96 valence electrons. The van der Waals surface area contributed by atoms with Gasteiger partial charge in [-0.25, -0.2) is 0 Å². The zero-order valence-corrected chi connectivity index (χ0v) is 11.5. The summed E-state index contributed by atoms with van der Waals surface area (Å²) in [6.07, 6.45) is 0.507. The van der Waals surface area contributed by atoms with E-state index in [1.54, 1.807) is 18.8 Å². The number of carbonyl (C=O) groups is 1. The van der Waals surface area contributed by atoms with Crippen molar-refractivity contribution in [3.05, 3.63) is 0 Å². The highest BCUT2D eigenvalue weighted by atomic mass is 32.2. The molecule has 0 saturated carbocycles. The lowest BCUT2D eigenvalue weighted by Crippen LogP contribution is -2.34. The van der Waals surface area contributed by atoms with Crippen LogP contribution < -0.4 is 10.6 Å². The molecule has 1 unspecified atom stereocenters. The zero-order chi connectivity index (χ0) is 12.6. The molecule has 0 bridgehead atoms. The number of carbonyl (C=O) groups excluding carboxylic acids is 1. The first kappa shape index (κ1) is 15.7. The van der Waals surface area contributed by atoms with Gasteiger partial charge in [0.1, 0.15) is 0 Å². The molecule has 0 radical (unpaired) electrons. The summed E-state index contributed by atoms with van der Waals surface area (Å²) in [7, 11) is 1.65. The minimum atomic E-state index is -0.599. The number of aliphatic hydroxyl groups is 1. The quantitative estimate of drug-likeness (QED) is 0.551. The van der Waals surface area contributed by atoms with Crippen molar-refractivity contribution in [2.45, 2.75) is 38.8 Å². The molecule has 0 aromatic heterocycles. The molecule has 1 atom stereocenters. The Morgan fingerprint density at radius 2 is 2.12 bits per heavy atom. The summed E-state index contributed by atoms with van der Waals surface area (Å²) >= 11 is 1.71. The van der Waals surface area contributed by atoms with Gasteiger partial charge in [0.25, 0.3) is 0 Å². The first-order valence-corrected chi connectivity index (χ1v) is 6.74. The number of amides is 1. The second-order valence-electron chi connectivity index (χ2n) is 4.60. The summed E-state index contributed by atoms with van der Waals surface area (Å²) in [6, 6.07) is 0.197. The first-order valence-electron chi connectivity index (χ1n) is 5.59. The fraction of sp³-hybridized carbons (Fsp3) is 0.909. The summed E-state index contributed by atoms with van der Waals surface area (Å²) in [5.74, 6) is 1.74. The van der Waals surface area contributed by atoms with E-state index >= 15 is 0 Å². The molecule has 0 aliphatic heterocycles. The van der Waals surface area contributed by atoms with E-state index in [2.05, 4.69) is 10.6 Å². The zero-order valence-electron chi connectivity index (χ0n) is 10.7. The van der Waals surface area contributed by atoms with Crippen molar-refractivity contribution >= 4 is 17.7 Å². The van der Waals surface area contributed by atoms with E-state index < -0.39 is 5.60 Å². The van der Waals surface area contributed by atoms with Crippen molar-refractivity contribution < 1.29 is 9.90 Å². The Labute approximate surface area is 103 Å². The summed E-state index contributed by atoms with van der Waals surface area (Å²) < 4.78 is 0. The van der Waals surface area contributed by atoms with Crippen LogP contribution in [0.1, 0.15) is 27.2 Å². The van der Waals surface area contributed by atoms with Crippen LogP contribution in [0.4, 0.5) is 0 Å². The van der Waals surface area contributed by atoms with E-state index in [9.17, 15) is 9.90 Å². The van der Waals surface area contributed by atoms with Gasteiger partial charge < -0.3 is 15.7 Å². The molecule has 0 aliphatic rings. The Balaban J connectivity index is 3.41. The SMILES string of the molecule is CNC(=O)CC(C)NCCSCC(C)(C)O. The van der Waals surface area contributed by atoms with Crippen LogP contribution in [-0.2, 0) is 4.79 Å². The Kier molecular flexibility index (Phi) is 7.80. The maximum absolute atomic E-state index is 11.1. The Morgan fingerprint density at radius 3 is 2.62 bits per heavy atom. The second-order valence-corrected chi connectivity index (χ2v) is 5.70. The van der Waals surface area contributed by atoms with Gasteiger partial charge in [-0.3, -0.25) is 4.79 Å². The van der Waals surface area contributed by atoms with Gasteiger partial charge in [0.2, 0.25) is 5.91 Å². The molecule has 0 aromatic carbocycles. The third-order valence-electron chi connectivity index (χ3n) is 1.96. The van der Waals surface area contributed by atoms with Crippen LogP contribution in [0.25, 0.3) is 0 Å². The van der Waals surface area contributed by atoms with E-state index in [4.69, 9.17) is 0 Å². The molecule has 5 heteroatoms. The van der Waals surface area contributed by atoms with Crippen molar-refractivity contribution in [2.24, 2.45) is 0 Å². The fourth-order valence-corrected chi connectivity index (χ4v) is 2.06. The largest absolute Gasteiger partial charge is 0.390 e. The average Bonchev–Trinajstić information content (AvgIpc) is 2.15. The monoisotopic (exact) mass is 248 g/mol. The van der Waals surface area contributed by atoms with E-state index in [0.717, 1.165) is 18.1 Å². The smallest absolute Gasteiger partial charge is 0.221 e. The van der Waals surface area contributed by atoms with Crippen LogP contribution in [0.3, 0.4) is 0 Å². The van der Waals surface area contributed by atoms with Gasteiger partial charge in [0.05, 0.1) is 5.60 Å². The highest BCUT2D eigenvalue weighted by Crippen LogP contribution is 2.10. The molecule has 0 aromatic rings. The molecule has 16 heavy (non-hydrogen) atoms. The molecule has 1 amide bonds. The number of hydrogen-bond acceptors (Lipinski definition) is 4. The molecule has 0 fully saturated rings.